The van der Waals surface area contributed by atoms with Crippen molar-refractivity contribution in [3.8, 4) is 0 Å². The summed E-state index contributed by atoms with van der Waals surface area (Å²) in [5.74, 6) is 2.07. The number of hydrogen-bond acceptors (Lipinski definition) is 4. The first kappa shape index (κ1) is 17.1. The second kappa shape index (κ2) is 7.48. The van der Waals surface area contributed by atoms with E-state index in [0.717, 1.165) is 70.2 Å². The first-order chi connectivity index (χ1) is 12.3. The van der Waals surface area contributed by atoms with Crippen LogP contribution in [0.2, 0.25) is 0 Å². The van der Waals surface area contributed by atoms with Crippen molar-refractivity contribution >= 4 is 5.91 Å². The number of aryl methyl sites for hydroxylation is 1. The number of piperidine rings is 1. The predicted octanol–water partition coefficient (Wildman–Crippen LogP) is 3.46. The fourth-order valence-electron chi connectivity index (χ4n) is 4.94. The second-order valence-corrected chi connectivity index (χ2v) is 8.00. The molecule has 2 aliphatic carbocycles. The van der Waals surface area contributed by atoms with Gasteiger partial charge in [0, 0.05) is 37.6 Å². The molecule has 1 aromatic heterocycles. The molecule has 0 bridgehead atoms. The van der Waals surface area contributed by atoms with Gasteiger partial charge in [0.25, 0.3) is 0 Å². The average molecular weight is 346 g/mol. The summed E-state index contributed by atoms with van der Waals surface area (Å²) in [4.78, 5) is 15.0. The average Bonchev–Trinajstić information content (AvgIpc) is 3.12. The Morgan fingerprint density at radius 1 is 1.12 bits per heavy atom. The van der Waals surface area contributed by atoms with Crippen molar-refractivity contribution < 1.29 is 14.1 Å². The highest BCUT2D eigenvalue weighted by molar-refractivity contribution is 5.79. The lowest BCUT2D eigenvalue weighted by molar-refractivity contribution is -0.139. The fourth-order valence-corrected chi connectivity index (χ4v) is 4.94. The van der Waals surface area contributed by atoms with Crippen molar-refractivity contribution in [1.82, 2.24) is 10.1 Å². The van der Waals surface area contributed by atoms with Gasteiger partial charge >= 0.3 is 0 Å². The molecule has 3 aliphatic rings. The largest absolute Gasteiger partial charge is 0.381 e. The van der Waals surface area contributed by atoms with Gasteiger partial charge in [-0.1, -0.05) is 11.6 Å². The molecule has 1 aliphatic heterocycles. The van der Waals surface area contributed by atoms with E-state index in [1.165, 1.54) is 24.1 Å². The number of hydrogen-bond donors (Lipinski definition) is 0. The van der Waals surface area contributed by atoms with Crippen LogP contribution in [0.1, 0.15) is 74.3 Å². The van der Waals surface area contributed by atoms with Crippen LogP contribution in [0.25, 0.3) is 0 Å². The molecule has 0 radical (unpaired) electrons. The highest BCUT2D eigenvalue weighted by Crippen LogP contribution is 2.36. The quantitative estimate of drug-likeness (QED) is 0.841. The summed E-state index contributed by atoms with van der Waals surface area (Å²) in [6.45, 7) is 1.71. The minimum Gasteiger partial charge on any atom is -0.381 e. The Bertz CT molecular complexity index is 604. The summed E-state index contributed by atoms with van der Waals surface area (Å²) in [5, 5.41) is 4.31. The zero-order chi connectivity index (χ0) is 17.2. The SMILES string of the molecule is CO[C@@H]1CCC[C@@H](C(=O)N2CCC(c3onc4c3CCCC4)CC2)C1. The summed E-state index contributed by atoms with van der Waals surface area (Å²) >= 11 is 0. The Labute approximate surface area is 150 Å². The van der Waals surface area contributed by atoms with Gasteiger partial charge in [-0.25, -0.2) is 0 Å². The third kappa shape index (κ3) is 3.48. The Kier molecular flexibility index (Phi) is 5.11. The standard InChI is InChI=1S/C20H30N2O3/c1-24-16-6-4-5-15(13-16)20(23)22-11-9-14(10-12-22)19-17-7-2-3-8-18(17)21-25-19/h14-16H,2-13H2,1H3/t15-,16-/m1/s1. The molecule has 0 N–H and O–H groups in total. The molecular weight excluding hydrogens is 316 g/mol. The number of likely N-dealkylation sites (tertiary alicyclic amines) is 1. The lowest BCUT2D eigenvalue weighted by Crippen LogP contribution is -2.43. The molecule has 2 atom stereocenters. The number of ether oxygens (including phenoxy) is 1. The maximum Gasteiger partial charge on any atom is 0.225 e. The zero-order valence-corrected chi connectivity index (χ0v) is 15.3. The first-order valence-electron chi connectivity index (χ1n) is 10.0. The van der Waals surface area contributed by atoms with Crippen molar-refractivity contribution in [3.63, 3.8) is 0 Å². The van der Waals surface area contributed by atoms with Gasteiger partial charge in [-0.15, -0.1) is 0 Å². The molecule has 1 saturated carbocycles. The summed E-state index contributed by atoms with van der Waals surface area (Å²) in [6, 6.07) is 0. The van der Waals surface area contributed by atoms with Gasteiger partial charge in [0.2, 0.25) is 5.91 Å². The van der Waals surface area contributed by atoms with Crippen LogP contribution in [-0.2, 0) is 22.4 Å². The van der Waals surface area contributed by atoms with Crippen LogP contribution in [0, 0.1) is 5.92 Å². The van der Waals surface area contributed by atoms with Crippen LogP contribution in [-0.4, -0.2) is 42.3 Å². The maximum absolute atomic E-state index is 12.9. The Hall–Kier alpha value is -1.36. The van der Waals surface area contributed by atoms with Crippen molar-refractivity contribution in [3.05, 3.63) is 17.0 Å². The molecule has 0 aromatic carbocycles. The lowest BCUT2D eigenvalue weighted by atomic mass is 9.84. The molecule has 1 saturated heterocycles. The van der Waals surface area contributed by atoms with E-state index in [4.69, 9.17) is 9.26 Å². The molecule has 138 valence electrons. The number of nitrogens with zero attached hydrogens (tertiary/aromatic N) is 2. The molecule has 1 amide bonds. The molecule has 25 heavy (non-hydrogen) atoms. The van der Waals surface area contributed by atoms with E-state index in [9.17, 15) is 4.79 Å². The van der Waals surface area contributed by atoms with E-state index < -0.39 is 0 Å². The van der Waals surface area contributed by atoms with Crippen LogP contribution in [0.4, 0.5) is 0 Å². The molecule has 0 unspecified atom stereocenters. The number of carbonyl (C=O) groups excluding carboxylic acids is 1. The smallest absolute Gasteiger partial charge is 0.225 e. The van der Waals surface area contributed by atoms with E-state index in [1.807, 2.05) is 0 Å². The fraction of sp³-hybridized carbons (Fsp3) is 0.800. The number of methoxy groups -OCH3 is 1. The number of aromatic nitrogens is 1. The molecule has 5 nitrogen and oxygen atoms in total. The van der Waals surface area contributed by atoms with E-state index in [1.54, 1.807) is 7.11 Å². The van der Waals surface area contributed by atoms with Gasteiger partial charge in [0.05, 0.1) is 11.8 Å². The van der Waals surface area contributed by atoms with Gasteiger partial charge in [-0.2, -0.15) is 0 Å². The molecule has 2 heterocycles. The van der Waals surface area contributed by atoms with E-state index in [-0.39, 0.29) is 12.0 Å². The summed E-state index contributed by atoms with van der Waals surface area (Å²) in [6.07, 6.45) is 11.1. The van der Waals surface area contributed by atoms with Crippen LogP contribution in [0.3, 0.4) is 0 Å². The molecule has 4 rings (SSSR count). The van der Waals surface area contributed by atoms with E-state index in [2.05, 4.69) is 10.1 Å². The zero-order valence-electron chi connectivity index (χ0n) is 15.3. The van der Waals surface area contributed by atoms with Gasteiger partial charge < -0.3 is 14.2 Å². The summed E-state index contributed by atoms with van der Waals surface area (Å²) < 4.78 is 11.2. The Balaban J connectivity index is 1.35. The highest BCUT2D eigenvalue weighted by atomic mass is 16.5. The Morgan fingerprint density at radius 2 is 1.92 bits per heavy atom. The summed E-state index contributed by atoms with van der Waals surface area (Å²) in [7, 11) is 1.76. The van der Waals surface area contributed by atoms with E-state index in [0.29, 0.717) is 11.8 Å². The normalized spacial score (nSPS) is 28.0. The topological polar surface area (TPSA) is 55.6 Å². The van der Waals surface area contributed by atoms with Crippen LogP contribution >= 0.6 is 0 Å². The maximum atomic E-state index is 12.9. The molecule has 2 fully saturated rings. The van der Waals surface area contributed by atoms with Crippen molar-refractivity contribution in [2.75, 3.05) is 20.2 Å². The number of amides is 1. The molecular formula is C20H30N2O3. The second-order valence-electron chi connectivity index (χ2n) is 8.00. The van der Waals surface area contributed by atoms with Gasteiger partial charge in [0.15, 0.2) is 0 Å². The van der Waals surface area contributed by atoms with Gasteiger partial charge in [-0.3, -0.25) is 4.79 Å². The summed E-state index contributed by atoms with van der Waals surface area (Å²) in [5.41, 5.74) is 2.57. The van der Waals surface area contributed by atoms with Crippen LogP contribution in [0.5, 0.6) is 0 Å². The molecule has 1 aromatic rings. The minimum atomic E-state index is 0.160. The number of fused-ring (bicyclic) bond motifs is 1. The van der Waals surface area contributed by atoms with Crippen molar-refractivity contribution in [1.29, 1.82) is 0 Å². The van der Waals surface area contributed by atoms with Gasteiger partial charge in [0.1, 0.15) is 5.76 Å². The highest BCUT2D eigenvalue weighted by Gasteiger charge is 2.34. The van der Waals surface area contributed by atoms with Crippen LogP contribution < -0.4 is 0 Å². The predicted molar refractivity (Wildman–Crippen MR) is 94.5 cm³/mol. The number of rotatable bonds is 3. The lowest BCUT2D eigenvalue weighted by Gasteiger charge is -2.36. The minimum absolute atomic E-state index is 0.160. The van der Waals surface area contributed by atoms with Crippen LogP contribution in [0.15, 0.2) is 4.52 Å². The first-order valence-corrected chi connectivity index (χ1v) is 10.0. The van der Waals surface area contributed by atoms with Gasteiger partial charge in [-0.05, 0) is 57.8 Å². The van der Waals surface area contributed by atoms with Crippen molar-refractivity contribution in [2.45, 2.75) is 76.2 Å². The third-order valence-electron chi connectivity index (χ3n) is 6.48. The molecule has 5 heteroatoms. The Morgan fingerprint density at radius 3 is 2.72 bits per heavy atom. The van der Waals surface area contributed by atoms with Crippen molar-refractivity contribution in [2.24, 2.45) is 5.92 Å². The monoisotopic (exact) mass is 346 g/mol. The molecule has 0 spiro atoms. The third-order valence-corrected chi connectivity index (χ3v) is 6.48. The number of carbonyl (C=O) groups is 1. The van der Waals surface area contributed by atoms with E-state index >= 15 is 0 Å².